The fourth-order valence-electron chi connectivity index (χ4n) is 11.0. The van der Waals surface area contributed by atoms with Crippen LogP contribution < -0.4 is 0 Å². The van der Waals surface area contributed by atoms with Crippen LogP contribution in [0.2, 0.25) is 0 Å². The summed E-state index contributed by atoms with van der Waals surface area (Å²) in [6.45, 7) is 10.9. The quantitative estimate of drug-likeness (QED) is 0.143. The molecule has 0 radical (unpaired) electrons. The number of nitrogens with zero attached hydrogens (tertiary/aromatic N) is 6. The molecule has 10 aromatic rings. The number of aromatic nitrogens is 6. The second-order valence-corrected chi connectivity index (χ2v) is 18.9. The number of hydrogen-bond acceptors (Lipinski definition) is 2. The zero-order valence-electron chi connectivity index (χ0n) is 41.2. The van der Waals surface area contributed by atoms with E-state index in [9.17, 15) is 0 Å². The molecule has 0 saturated heterocycles. The van der Waals surface area contributed by atoms with Gasteiger partial charge in [-0.1, -0.05) is 136 Å². The number of benzene rings is 4. The fraction of sp³-hybridized carbons (Fsp3) is 0.200. The maximum absolute atomic E-state index is 5.56. The van der Waals surface area contributed by atoms with Crippen LogP contribution in [0.1, 0.15) is 100 Å². The molecule has 71 heavy (non-hydrogen) atoms. The maximum Gasteiger partial charge on any atom is 0.139 e. The van der Waals surface area contributed by atoms with Crippen molar-refractivity contribution in [1.29, 1.82) is 0 Å². The van der Waals surface area contributed by atoms with E-state index in [4.69, 9.17) is 9.97 Å². The summed E-state index contributed by atoms with van der Waals surface area (Å²) >= 11 is 0. The van der Waals surface area contributed by atoms with Gasteiger partial charge in [0.2, 0.25) is 0 Å². The minimum atomic E-state index is 0.138. The molecule has 2 aliphatic rings. The summed E-state index contributed by atoms with van der Waals surface area (Å²) in [5.41, 5.74) is 18.3. The predicted molar refractivity (Wildman–Crippen MR) is 298 cm³/mol. The zero-order valence-corrected chi connectivity index (χ0v) is 41.2. The van der Waals surface area contributed by atoms with Crippen LogP contribution in [0.15, 0.2) is 151 Å². The molecule has 4 aromatic carbocycles. The summed E-state index contributed by atoms with van der Waals surface area (Å²) in [7, 11) is 0. The molecule has 0 saturated carbocycles. The lowest BCUT2D eigenvalue weighted by Crippen LogP contribution is -2.11. The van der Waals surface area contributed by atoms with Gasteiger partial charge in [0.05, 0.1) is 27.8 Å². The Labute approximate surface area is 416 Å². The van der Waals surface area contributed by atoms with Gasteiger partial charge in [0.25, 0.3) is 0 Å². The summed E-state index contributed by atoms with van der Waals surface area (Å²) < 4.78 is 9.68. The number of allylic oxidation sites excluding steroid dienone is 5. The van der Waals surface area contributed by atoms with Crippen LogP contribution in [0.4, 0.5) is 0 Å². The highest BCUT2D eigenvalue weighted by atomic mass is 15.2. The maximum atomic E-state index is 5.56. The van der Waals surface area contributed by atoms with Crippen molar-refractivity contribution >= 4 is 73.1 Å². The highest BCUT2D eigenvalue weighted by Gasteiger charge is 2.30. The summed E-state index contributed by atoms with van der Waals surface area (Å²) in [5, 5.41) is 4.93. The van der Waals surface area contributed by atoms with Crippen LogP contribution in [0.25, 0.3) is 96.1 Å². The molecule has 0 N–H and O–H groups in total. The molecule has 6 heterocycles. The van der Waals surface area contributed by atoms with Crippen molar-refractivity contribution in [2.24, 2.45) is 5.92 Å². The van der Waals surface area contributed by atoms with E-state index in [1.54, 1.807) is 0 Å². The van der Waals surface area contributed by atoms with Gasteiger partial charge in [0.1, 0.15) is 22.9 Å². The van der Waals surface area contributed by atoms with Crippen LogP contribution in [-0.4, -0.2) is 28.2 Å². The van der Waals surface area contributed by atoms with E-state index in [1.807, 2.05) is 0 Å². The number of fused-ring (bicyclic) bond motifs is 11. The molecule has 0 amide bonds. The molecule has 6 aromatic heterocycles. The van der Waals surface area contributed by atoms with Crippen LogP contribution in [0, 0.1) is 29.6 Å². The summed E-state index contributed by atoms with van der Waals surface area (Å²) in [6, 6.07) is 43.8. The van der Waals surface area contributed by atoms with Gasteiger partial charge in [0.15, 0.2) is 0 Å². The first-order chi connectivity index (χ1) is 35.0. The van der Waals surface area contributed by atoms with Gasteiger partial charge in [-0.25, -0.2) is 9.97 Å². The van der Waals surface area contributed by atoms with Crippen molar-refractivity contribution in [2.75, 3.05) is 0 Å². The standard InChI is InChI=1S/C65H56N6/c1-6-10-19-44-26-30-50-56(39-44)68(48-22-15-13-16-23-48)64-62(50)52-32-28-46(21-12-8-3)41-58(52)70(64)60-36-34-55-54(66-60)35-37-61(67-55)71-59-42-47(38-43(5)9-4)29-33-53(59)63-51-31-27-45(20-11-7-2)40-57(51)69(65(63)71)49-24-17-14-18-25-49/h11,13-18,20,22-28,30-32,34-38,40-42,44H,6-9,29,33,39H2,1-5H3/b20-11+,43-38-. The number of rotatable bonds is 8. The van der Waals surface area contributed by atoms with Gasteiger partial charge in [0, 0.05) is 74.9 Å². The smallest absolute Gasteiger partial charge is 0.139 e. The van der Waals surface area contributed by atoms with Gasteiger partial charge in [-0.05, 0) is 122 Å². The number of aryl methyl sites for hydroxylation is 1. The third-order valence-corrected chi connectivity index (χ3v) is 14.3. The van der Waals surface area contributed by atoms with Crippen LogP contribution >= 0.6 is 0 Å². The molecular formula is C65H56N6. The third kappa shape index (κ3) is 7.45. The molecule has 6 heteroatoms. The lowest BCUT2D eigenvalue weighted by atomic mass is 9.93. The molecule has 0 aliphatic heterocycles. The second-order valence-electron chi connectivity index (χ2n) is 18.9. The van der Waals surface area contributed by atoms with E-state index < -0.39 is 0 Å². The molecule has 12 rings (SSSR count). The zero-order chi connectivity index (χ0) is 48.2. The highest BCUT2D eigenvalue weighted by molar-refractivity contribution is 6.15. The van der Waals surface area contributed by atoms with E-state index in [1.165, 1.54) is 66.3 Å². The molecule has 2 aliphatic carbocycles. The molecule has 0 spiro atoms. The average molecular weight is 921 g/mol. The molecule has 0 bridgehead atoms. The average Bonchev–Trinajstić information content (AvgIpc) is 4.13. The Kier molecular flexibility index (Phi) is 11.3. The lowest BCUT2D eigenvalue weighted by Gasteiger charge is -2.19. The third-order valence-electron chi connectivity index (χ3n) is 14.3. The van der Waals surface area contributed by atoms with Gasteiger partial charge in [-0.2, -0.15) is 0 Å². The van der Waals surface area contributed by atoms with E-state index in [0.29, 0.717) is 0 Å². The van der Waals surface area contributed by atoms with Crippen molar-refractivity contribution in [1.82, 2.24) is 28.2 Å². The van der Waals surface area contributed by atoms with Gasteiger partial charge < -0.3 is 0 Å². The largest absolute Gasteiger partial charge is 0.299 e. The highest BCUT2D eigenvalue weighted by Crippen LogP contribution is 2.45. The second kappa shape index (κ2) is 18.2. The van der Waals surface area contributed by atoms with Crippen molar-refractivity contribution in [3.05, 3.63) is 184 Å². The predicted octanol–water partition coefficient (Wildman–Crippen LogP) is 15.9. The molecule has 0 fully saturated rings. The van der Waals surface area contributed by atoms with Gasteiger partial charge in [-0.3, -0.25) is 18.3 Å². The van der Waals surface area contributed by atoms with Crippen molar-refractivity contribution in [2.45, 2.75) is 79.6 Å². The van der Waals surface area contributed by atoms with Crippen LogP contribution in [-0.2, 0) is 12.8 Å². The van der Waals surface area contributed by atoms with E-state index in [0.717, 1.165) is 101 Å². The van der Waals surface area contributed by atoms with Crippen LogP contribution in [0.3, 0.4) is 0 Å². The topological polar surface area (TPSA) is 45.5 Å². The lowest BCUT2D eigenvalue weighted by molar-refractivity contribution is 0.772. The van der Waals surface area contributed by atoms with Gasteiger partial charge >= 0.3 is 0 Å². The Morgan fingerprint density at radius 3 is 2.07 bits per heavy atom. The van der Waals surface area contributed by atoms with E-state index >= 15 is 0 Å². The van der Waals surface area contributed by atoms with Crippen LogP contribution in [0.5, 0.6) is 0 Å². The van der Waals surface area contributed by atoms with Gasteiger partial charge in [-0.15, -0.1) is 5.92 Å². The first kappa shape index (κ1) is 43.9. The first-order valence-electron chi connectivity index (χ1n) is 25.5. The Morgan fingerprint density at radius 2 is 1.35 bits per heavy atom. The van der Waals surface area contributed by atoms with Crippen molar-refractivity contribution in [3.63, 3.8) is 0 Å². The SMILES string of the molecule is CCC#Cc1ccc2c3c4c(n(-c5ccccc5)c3n(-c3ccc5nc(-n6c7c(c8c9ccc(/C=C/CC)cc9n(-c9ccccc9)c86)CCC(/C=C(/C)CC)=C7)ccc5n3)c2c1)CC(C#CCC)C=C4. The Hall–Kier alpha value is -8.32. The molecule has 6 nitrogen and oxygen atoms in total. The number of pyridine rings is 2. The minimum Gasteiger partial charge on any atom is -0.299 e. The molecule has 1 unspecified atom stereocenters. The number of para-hydroxylation sites is 2. The Morgan fingerprint density at radius 1 is 0.676 bits per heavy atom. The Bertz CT molecular complexity index is 4020. The molecule has 1 atom stereocenters. The normalized spacial score (nSPS) is 14.6. The van der Waals surface area contributed by atoms with E-state index in [2.05, 4.69) is 234 Å². The first-order valence-corrected chi connectivity index (χ1v) is 25.5. The molecule has 346 valence electrons. The van der Waals surface area contributed by atoms with E-state index in [-0.39, 0.29) is 5.92 Å². The molecular weight excluding hydrogens is 865 g/mol. The Balaban J connectivity index is 1.10. The number of hydrogen-bond donors (Lipinski definition) is 0. The summed E-state index contributed by atoms with van der Waals surface area (Å²) in [4.78, 5) is 11.1. The van der Waals surface area contributed by atoms with Crippen molar-refractivity contribution in [3.8, 4) is 46.7 Å². The summed E-state index contributed by atoms with van der Waals surface area (Å²) in [5.74, 6) is 15.5. The summed E-state index contributed by atoms with van der Waals surface area (Å²) in [6.07, 6.45) is 20.3. The fourth-order valence-corrected chi connectivity index (χ4v) is 11.0. The monoisotopic (exact) mass is 920 g/mol. The minimum absolute atomic E-state index is 0.138. The van der Waals surface area contributed by atoms with Crippen molar-refractivity contribution < 1.29 is 0 Å².